The minimum Gasteiger partial charge on any atom is -0.468 e. The highest BCUT2D eigenvalue weighted by Crippen LogP contribution is 2.04. The molecule has 2 N–H and O–H groups in total. The standard InChI is InChI=1S/C13H13N3O4/c1-19-12-14-7-10(11(17)16-12)15-13(18)20-8-9-5-3-2-4-6-9/h2-7H,8H2,1H3,(H,15,18)(H,14,16,17). The Kier molecular flexibility index (Phi) is 4.33. The van der Waals surface area contributed by atoms with Crippen molar-refractivity contribution in [3.8, 4) is 6.01 Å². The van der Waals surface area contributed by atoms with Crippen molar-refractivity contribution < 1.29 is 14.3 Å². The van der Waals surface area contributed by atoms with Crippen LogP contribution in [0.3, 0.4) is 0 Å². The van der Waals surface area contributed by atoms with Gasteiger partial charge >= 0.3 is 6.09 Å². The van der Waals surface area contributed by atoms with Gasteiger partial charge in [-0.3, -0.25) is 15.1 Å². The van der Waals surface area contributed by atoms with Crippen molar-refractivity contribution in [3.05, 3.63) is 52.4 Å². The smallest absolute Gasteiger partial charge is 0.412 e. The third kappa shape index (κ3) is 3.58. The van der Waals surface area contributed by atoms with E-state index in [1.165, 1.54) is 13.3 Å². The zero-order valence-electron chi connectivity index (χ0n) is 10.8. The number of aromatic amines is 1. The quantitative estimate of drug-likeness (QED) is 0.882. The lowest BCUT2D eigenvalue weighted by molar-refractivity contribution is 0.155. The number of nitrogens with zero attached hydrogens (tertiary/aromatic N) is 1. The normalized spacial score (nSPS) is 9.85. The van der Waals surface area contributed by atoms with E-state index in [1.807, 2.05) is 30.3 Å². The molecule has 7 heteroatoms. The zero-order chi connectivity index (χ0) is 14.4. The van der Waals surface area contributed by atoms with Crippen LogP contribution in [0, 0.1) is 0 Å². The predicted molar refractivity (Wildman–Crippen MR) is 71.7 cm³/mol. The average Bonchev–Trinajstić information content (AvgIpc) is 2.48. The van der Waals surface area contributed by atoms with Gasteiger partial charge in [-0.1, -0.05) is 30.3 Å². The summed E-state index contributed by atoms with van der Waals surface area (Å²) in [5.74, 6) is 0. The van der Waals surface area contributed by atoms with Crippen LogP contribution in [-0.4, -0.2) is 23.2 Å². The van der Waals surface area contributed by atoms with E-state index < -0.39 is 11.7 Å². The molecule has 1 aromatic heterocycles. The highest BCUT2D eigenvalue weighted by atomic mass is 16.5. The summed E-state index contributed by atoms with van der Waals surface area (Å²) < 4.78 is 9.73. The first-order chi connectivity index (χ1) is 9.69. The van der Waals surface area contributed by atoms with Crippen LogP contribution in [0.5, 0.6) is 6.01 Å². The molecule has 0 aliphatic rings. The van der Waals surface area contributed by atoms with Crippen molar-refractivity contribution >= 4 is 11.8 Å². The molecule has 7 nitrogen and oxygen atoms in total. The molecule has 20 heavy (non-hydrogen) atoms. The molecule has 1 heterocycles. The number of methoxy groups -OCH3 is 1. The van der Waals surface area contributed by atoms with Crippen molar-refractivity contribution in [1.82, 2.24) is 9.97 Å². The number of hydrogen-bond acceptors (Lipinski definition) is 5. The van der Waals surface area contributed by atoms with E-state index in [0.717, 1.165) is 5.56 Å². The van der Waals surface area contributed by atoms with Crippen LogP contribution < -0.4 is 15.6 Å². The number of carbonyl (C=O) groups excluding carboxylic acids is 1. The Morgan fingerprint density at radius 2 is 2.10 bits per heavy atom. The molecule has 0 saturated carbocycles. The van der Waals surface area contributed by atoms with Gasteiger partial charge in [0, 0.05) is 0 Å². The summed E-state index contributed by atoms with van der Waals surface area (Å²) in [6.07, 6.45) is 0.466. The van der Waals surface area contributed by atoms with Gasteiger partial charge in [0.05, 0.1) is 13.3 Å². The van der Waals surface area contributed by atoms with Gasteiger partial charge in [-0.05, 0) is 5.56 Å². The number of amides is 1. The second-order valence-corrected chi connectivity index (χ2v) is 3.82. The fraction of sp³-hybridized carbons (Fsp3) is 0.154. The highest BCUT2D eigenvalue weighted by Gasteiger charge is 2.08. The van der Waals surface area contributed by atoms with Gasteiger partial charge in [0.1, 0.15) is 12.3 Å². The summed E-state index contributed by atoms with van der Waals surface area (Å²) in [7, 11) is 1.37. The molecule has 0 spiro atoms. The van der Waals surface area contributed by atoms with Crippen LogP contribution in [0.15, 0.2) is 41.3 Å². The summed E-state index contributed by atoms with van der Waals surface area (Å²) in [4.78, 5) is 29.2. The second kappa shape index (κ2) is 6.37. The maximum Gasteiger partial charge on any atom is 0.412 e. The molecule has 0 aliphatic heterocycles. The van der Waals surface area contributed by atoms with Gasteiger partial charge in [0.2, 0.25) is 0 Å². The number of rotatable bonds is 4. The second-order valence-electron chi connectivity index (χ2n) is 3.82. The molecule has 1 amide bonds. The molecule has 104 valence electrons. The van der Waals surface area contributed by atoms with Crippen LogP contribution in [0.25, 0.3) is 0 Å². The Bertz CT molecular complexity index is 640. The number of aromatic nitrogens is 2. The van der Waals surface area contributed by atoms with Crippen molar-refractivity contribution in [2.75, 3.05) is 12.4 Å². The Balaban J connectivity index is 1.93. The molecule has 0 fully saturated rings. The van der Waals surface area contributed by atoms with Gasteiger partial charge in [-0.25, -0.2) is 9.78 Å². The summed E-state index contributed by atoms with van der Waals surface area (Å²) in [5.41, 5.74) is 0.321. The largest absolute Gasteiger partial charge is 0.468 e. The van der Waals surface area contributed by atoms with E-state index in [-0.39, 0.29) is 18.3 Å². The van der Waals surface area contributed by atoms with E-state index in [2.05, 4.69) is 15.3 Å². The summed E-state index contributed by atoms with van der Waals surface area (Å²) in [5, 5.41) is 2.31. The van der Waals surface area contributed by atoms with E-state index >= 15 is 0 Å². The molecule has 0 radical (unpaired) electrons. The molecule has 0 bridgehead atoms. The molecular weight excluding hydrogens is 262 g/mol. The third-order valence-electron chi connectivity index (χ3n) is 2.42. The number of ether oxygens (including phenoxy) is 2. The summed E-state index contributed by atoms with van der Waals surface area (Å²) in [6.45, 7) is 0.119. The molecular formula is C13H13N3O4. The van der Waals surface area contributed by atoms with Gasteiger partial charge in [-0.15, -0.1) is 0 Å². The minimum absolute atomic E-state index is 0.0103. The Morgan fingerprint density at radius 3 is 2.75 bits per heavy atom. The number of benzene rings is 1. The predicted octanol–water partition coefficient (Wildman–Crippen LogP) is 1.53. The van der Waals surface area contributed by atoms with E-state index in [4.69, 9.17) is 9.47 Å². The summed E-state index contributed by atoms with van der Waals surface area (Å²) in [6, 6.07) is 9.28. The first-order valence-corrected chi connectivity index (χ1v) is 5.80. The number of H-pyrrole nitrogens is 1. The number of anilines is 1. The van der Waals surface area contributed by atoms with Crippen LogP contribution >= 0.6 is 0 Å². The molecule has 2 aromatic rings. The Morgan fingerprint density at radius 1 is 1.35 bits per heavy atom. The maximum atomic E-state index is 11.6. The SMILES string of the molecule is COc1ncc(NC(=O)OCc2ccccc2)c(=O)[nH]1. The number of nitrogens with one attached hydrogen (secondary N) is 2. The van der Waals surface area contributed by atoms with E-state index in [1.54, 1.807) is 0 Å². The van der Waals surface area contributed by atoms with Gasteiger partial charge < -0.3 is 9.47 Å². The topological polar surface area (TPSA) is 93.3 Å². The first-order valence-electron chi connectivity index (χ1n) is 5.80. The number of hydrogen-bond donors (Lipinski definition) is 2. The molecule has 0 saturated heterocycles. The molecule has 1 aromatic carbocycles. The monoisotopic (exact) mass is 275 g/mol. The Hall–Kier alpha value is -2.83. The highest BCUT2D eigenvalue weighted by molar-refractivity contribution is 5.83. The molecule has 2 rings (SSSR count). The maximum absolute atomic E-state index is 11.6. The lowest BCUT2D eigenvalue weighted by atomic mass is 10.2. The zero-order valence-corrected chi connectivity index (χ0v) is 10.8. The van der Waals surface area contributed by atoms with Crippen molar-refractivity contribution in [1.29, 1.82) is 0 Å². The fourth-order valence-electron chi connectivity index (χ4n) is 1.44. The van der Waals surface area contributed by atoms with Crippen LogP contribution in [-0.2, 0) is 11.3 Å². The third-order valence-corrected chi connectivity index (χ3v) is 2.42. The lowest BCUT2D eigenvalue weighted by Gasteiger charge is -2.06. The van der Waals surface area contributed by atoms with Crippen LogP contribution in [0.4, 0.5) is 10.5 Å². The van der Waals surface area contributed by atoms with Gasteiger partial charge in [0.25, 0.3) is 11.6 Å². The molecule has 0 aliphatic carbocycles. The lowest BCUT2D eigenvalue weighted by Crippen LogP contribution is -2.21. The molecule has 0 atom stereocenters. The van der Waals surface area contributed by atoms with Crippen molar-refractivity contribution in [2.45, 2.75) is 6.61 Å². The summed E-state index contributed by atoms with van der Waals surface area (Å²) >= 11 is 0. The van der Waals surface area contributed by atoms with Gasteiger partial charge in [0.15, 0.2) is 0 Å². The van der Waals surface area contributed by atoms with E-state index in [9.17, 15) is 9.59 Å². The average molecular weight is 275 g/mol. The van der Waals surface area contributed by atoms with Crippen molar-refractivity contribution in [2.24, 2.45) is 0 Å². The van der Waals surface area contributed by atoms with E-state index in [0.29, 0.717) is 0 Å². The molecule has 0 unspecified atom stereocenters. The van der Waals surface area contributed by atoms with Crippen LogP contribution in [0.2, 0.25) is 0 Å². The van der Waals surface area contributed by atoms with Crippen LogP contribution in [0.1, 0.15) is 5.56 Å². The van der Waals surface area contributed by atoms with Crippen molar-refractivity contribution in [3.63, 3.8) is 0 Å². The fourth-order valence-corrected chi connectivity index (χ4v) is 1.44. The number of carbonyl (C=O) groups is 1. The first kappa shape index (κ1) is 13.6. The minimum atomic E-state index is -0.730. The Labute approximate surface area is 114 Å². The van der Waals surface area contributed by atoms with Gasteiger partial charge in [-0.2, -0.15) is 0 Å².